The van der Waals surface area contributed by atoms with E-state index in [4.69, 9.17) is 0 Å². The zero-order valence-electron chi connectivity index (χ0n) is 37.0. The fourth-order valence-corrected chi connectivity index (χ4v) is 12.0. The molecule has 67 heavy (non-hydrogen) atoms. The van der Waals surface area contributed by atoms with E-state index in [1.807, 2.05) is 0 Å². The highest BCUT2D eigenvalue weighted by Crippen LogP contribution is 2.65. The first-order valence-electron chi connectivity index (χ1n) is 23.4. The van der Waals surface area contributed by atoms with Gasteiger partial charge in [-0.3, -0.25) is 0 Å². The molecule has 310 valence electrons. The van der Waals surface area contributed by atoms with Crippen LogP contribution in [-0.2, 0) is 0 Å². The van der Waals surface area contributed by atoms with Crippen molar-refractivity contribution in [2.24, 2.45) is 0 Å². The van der Waals surface area contributed by atoms with E-state index in [1.165, 1.54) is 149 Å². The number of benzene rings is 12. The molecule has 0 fully saturated rings. The first-order chi connectivity index (χ1) is 33.2. The van der Waals surface area contributed by atoms with Crippen molar-refractivity contribution in [3.8, 4) is 111 Å². The molecule has 0 saturated carbocycles. The van der Waals surface area contributed by atoms with Crippen LogP contribution in [0, 0.1) is 6.92 Å². The predicted molar refractivity (Wildman–Crippen MR) is 285 cm³/mol. The van der Waals surface area contributed by atoms with Gasteiger partial charge in [0.25, 0.3) is 0 Å². The third kappa shape index (κ3) is 5.42. The Balaban J connectivity index is 1.16. The predicted octanol–water partition coefficient (Wildman–Crippen LogP) is 18.8. The molecule has 0 unspecified atom stereocenters. The number of hydrogen-bond acceptors (Lipinski definition) is 0. The SMILES string of the molecule is Cc1ccccc1-c1c2c(c(-c3ccccc3-c3ccccc3)c3ccccc13)-c1ccc3c4c(ccc-2c14)-c1c-3c(-c2ccccc2)c2ccccc2c1-c1ccccc1-c1ccccc1. The standard InChI is InChI=1S/C67H42/c1-41-21-11-12-28-45(41)59-52-35-19-20-36-53(52)61(49-32-16-14-30-47(49)43-24-7-3-8-25-43)67-57-38-37-54-62-56(40-39-55(63(57)62)65(59)67)66-60(48-31-15-13-29-46(48)42-22-5-2-6-23-42)51-34-18-17-33-50(51)58(64(54)66)44-26-9-4-10-27-44/h2-40H,1H3. The van der Waals surface area contributed by atoms with Crippen molar-refractivity contribution in [2.75, 3.05) is 0 Å². The Morgan fingerprint density at radius 3 is 0.866 bits per heavy atom. The van der Waals surface area contributed by atoms with Gasteiger partial charge in [-0.15, -0.1) is 0 Å². The summed E-state index contributed by atoms with van der Waals surface area (Å²) in [5.74, 6) is 0. The lowest BCUT2D eigenvalue weighted by atomic mass is 9.80. The molecule has 14 rings (SSSR count). The normalized spacial score (nSPS) is 12.0. The Bertz CT molecular complexity index is 4010. The molecule has 0 nitrogen and oxygen atoms in total. The first-order valence-corrected chi connectivity index (χ1v) is 23.4. The summed E-state index contributed by atoms with van der Waals surface area (Å²) in [5, 5.41) is 7.75. The van der Waals surface area contributed by atoms with Crippen molar-refractivity contribution < 1.29 is 0 Å². The summed E-state index contributed by atoms with van der Waals surface area (Å²) >= 11 is 0. The highest BCUT2D eigenvalue weighted by Gasteiger charge is 2.37. The van der Waals surface area contributed by atoms with E-state index in [0.29, 0.717) is 0 Å². The van der Waals surface area contributed by atoms with E-state index >= 15 is 0 Å². The van der Waals surface area contributed by atoms with Crippen LogP contribution in [0.2, 0.25) is 0 Å². The smallest absolute Gasteiger partial charge is 0.000718 e. The molecule has 0 radical (unpaired) electrons. The van der Waals surface area contributed by atoms with Crippen LogP contribution < -0.4 is 0 Å². The number of aryl methyl sites for hydroxylation is 1. The Morgan fingerprint density at radius 1 is 0.179 bits per heavy atom. The maximum absolute atomic E-state index is 2.47. The molecule has 0 aromatic heterocycles. The average Bonchev–Trinajstić information content (AvgIpc) is 3.90. The minimum absolute atomic E-state index is 1.22. The minimum atomic E-state index is 1.22. The molecule has 0 saturated heterocycles. The molecule has 0 bridgehead atoms. The van der Waals surface area contributed by atoms with Crippen LogP contribution in [-0.4, -0.2) is 0 Å². The fourth-order valence-electron chi connectivity index (χ4n) is 12.0. The number of fused-ring (bicyclic) bond motifs is 8. The summed E-state index contributed by atoms with van der Waals surface area (Å²) in [4.78, 5) is 0. The largest absolute Gasteiger partial charge is 0.0622 e. The molecular weight excluding hydrogens is 805 g/mol. The molecule has 0 aliphatic heterocycles. The van der Waals surface area contributed by atoms with Gasteiger partial charge in [-0.25, -0.2) is 0 Å². The maximum Gasteiger partial charge on any atom is -0.000718 e. The molecule has 12 aromatic carbocycles. The summed E-state index contributed by atoms with van der Waals surface area (Å²) in [5.41, 5.74) is 26.8. The van der Waals surface area contributed by atoms with Gasteiger partial charge in [0.15, 0.2) is 0 Å². The zero-order valence-corrected chi connectivity index (χ0v) is 37.0. The van der Waals surface area contributed by atoms with Crippen molar-refractivity contribution in [3.63, 3.8) is 0 Å². The zero-order chi connectivity index (χ0) is 44.2. The Labute approximate surface area is 390 Å². The van der Waals surface area contributed by atoms with Crippen LogP contribution >= 0.6 is 0 Å². The van der Waals surface area contributed by atoms with Crippen LogP contribution in [0.4, 0.5) is 0 Å². The highest BCUT2D eigenvalue weighted by atomic mass is 14.4. The van der Waals surface area contributed by atoms with Crippen molar-refractivity contribution in [2.45, 2.75) is 6.92 Å². The molecule has 0 N–H and O–H groups in total. The Hall–Kier alpha value is -8.58. The van der Waals surface area contributed by atoms with Gasteiger partial charge in [0.1, 0.15) is 0 Å². The highest BCUT2D eigenvalue weighted by molar-refractivity contribution is 6.35. The summed E-state index contributed by atoms with van der Waals surface area (Å²) in [6.45, 7) is 2.27. The second-order valence-electron chi connectivity index (χ2n) is 18.2. The van der Waals surface area contributed by atoms with Crippen molar-refractivity contribution in [1.29, 1.82) is 0 Å². The van der Waals surface area contributed by atoms with E-state index in [1.54, 1.807) is 0 Å². The van der Waals surface area contributed by atoms with Gasteiger partial charge in [-0.2, -0.15) is 0 Å². The Morgan fingerprint density at radius 2 is 0.463 bits per heavy atom. The van der Waals surface area contributed by atoms with Gasteiger partial charge in [0.2, 0.25) is 0 Å². The van der Waals surface area contributed by atoms with E-state index < -0.39 is 0 Å². The van der Waals surface area contributed by atoms with Crippen LogP contribution in [0.15, 0.2) is 237 Å². The van der Waals surface area contributed by atoms with E-state index in [9.17, 15) is 0 Å². The van der Waals surface area contributed by atoms with Gasteiger partial charge in [-0.1, -0.05) is 237 Å². The van der Waals surface area contributed by atoms with Crippen LogP contribution in [0.25, 0.3) is 144 Å². The second-order valence-corrected chi connectivity index (χ2v) is 18.2. The maximum atomic E-state index is 2.47. The van der Waals surface area contributed by atoms with Gasteiger partial charge < -0.3 is 0 Å². The van der Waals surface area contributed by atoms with Gasteiger partial charge in [0, 0.05) is 0 Å². The molecule has 2 aliphatic carbocycles. The lowest BCUT2D eigenvalue weighted by Crippen LogP contribution is -1.96. The third-order valence-electron chi connectivity index (χ3n) is 14.7. The minimum Gasteiger partial charge on any atom is -0.0622 e. The molecule has 0 spiro atoms. The van der Waals surface area contributed by atoms with Crippen molar-refractivity contribution >= 4 is 32.3 Å². The molecule has 0 heteroatoms. The van der Waals surface area contributed by atoms with E-state index in [2.05, 4.69) is 244 Å². The summed E-state index contributed by atoms with van der Waals surface area (Å²) in [6, 6.07) is 88.1. The van der Waals surface area contributed by atoms with Crippen LogP contribution in [0.1, 0.15) is 5.56 Å². The lowest BCUT2D eigenvalue weighted by Gasteiger charge is -2.23. The summed E-state index contributed by atoms with van der Waals surface area (Å²) in [6.07, 6.45) is 0. The van der Waals surface area contributed by atoms with Crippen LogP contribution in [0.5, 0.6) is 0 Å². The molecule has 0 atom stereocenters. The molecule has 2 aliphatic rings. The first kappa shape index (κ1) is 37.8. The second kappa shape index (κ2) is 14.7. The number of hydrogen-bond donors (Lipinski definition) is 0. The van der Waals surface area contributed by atoms with E-state index in [0.717, 1.165) is 0 Å². The fraction of sp³-hybridized carbons (Fsp3) is 0.0149. The van der Waals surface area contributed by atoms with Crippen molar-refractivity contribution in [1.82, 2.24) is 0 Å². The van der Waals surface area contributed by atoms with E-state index in [-0.39, 0.29) is 0 Å². The topological polar surface area (TPSA) is 0 Å². The lowest BCUT2D eigenvalue weighted by molar-refractivity contribution is 1.47. The molecule has 0 amide bonds. The van der Waals surface area contributed by atoms with Gasteiger partial charge in [0.05, 0.1) is 0 Å². The van der Waals surface area contributed by atoms with Gasteiger partial charge in [-0.05, 0) is 156 Å². The summed E-state index contributed by atoms with van der Waals surface area (Å²) < 4.78 is 0. The quantitative estimate of drug-likeness (QED) is 0.156. The molecular formula is C67H42. The van der Waals surface area contributed by atoms with Crippen molar-refractivity contribution in [3.05, 3.63) is 242 Å². The average molecular weight is 847 g/mol. The molecule has 0 heterocycles. The molecule has 12 aromatic rings. The number of rotatable bonds is 6. The Kier molecular flexibility index (Phi) is 8.30. The monoisotopic (exact) mass is 846 g/mol. The van der Waals surface area contributed by atoms with Crippen LogP contribution in [0.3, 0.4) is 0 Å². The van der Waals surface area contributed by atoms with Gasteiger partial charge >= 0.3 is 0 Å². The third-order valence-corrected chi connectivity index (χ3v) is 14.7. The summed E-state index contributed by atoms with van der Waals surface area (Å²) in [7, 11) is 0.